The molecule has 0 spiro atoms. The average molecular weight is 271 g/mol. The van der Waals surface area contributed by atoms with Crippen LogP contribution in [0.5, 0.6) is 0 Å². The number of hydrogen-bond acceptors (Lipinski definition) is 5. The number of rotatable bonds is 6. The van der Waals surface area contributed by atoms with Crippen molar-refractivity contribution in [3.05, 3.63) is 0 Å². The summed E-state index contributed by atoms with van der Waals surface area (Å²) in [5.74, 6) is 0.284. The molecule has 1 heterocycles. The SMILES string of the molecule is COC(=O)CCCNC(=O)CN1CC(C)CC(N)C1. The predicted molar refractivity (Wildman–Crippen MR) is 72.5 cm³/mol. The maximum atomic E-state index is 11.7. The normalized spacial score (nSPS) is 23.9. The number of piperidine rings is 1. The first-order valence-corrected chi connectivity index (χ1v) is 6.82. The fourth-order valence-corrected chi connectivity index (χ4v) is 2.46. The highest BCUT2D eigenvalue weighted by molar-refractivity contribution is 5.78. The van der Waals surface area contributed by atoms with Crippen molar-refractivity contribution in [2.24, 2.45) is 11.7 Å². The molecule has 0 aromatic rings. The zero-order valence-corrected chi connectivity index (χ0v) is 11.9. The van der Waals surface area contributed by atoms with Crippen LogP contribution in [0.2, 0.25) is 0 Å². The third-order valence-electron chi connectivity index (χ3n) is 3.24. The summed E-state index contributed by atoms with van der Waals surface area (Å²) in [6.07, 6.45) is 1.97. The van der Waals surface area contributed by atoms with Crippen molar-refractivity contribution in [1.29, 1.82) is 0 Å². The van der Waals surface area contributed by atoms with Gasteiger partial charge in [-0.25, -0.2) is 0 Å². The Kier molecular flexibility index (Phi) is 6.80. The Labute approximate surface area is 114 Å². The number of carbonyl (C=O) groups is 2. The van der Waals surface area contributed by atoms with Crippen molar-refractivity contribution < 1.29 is 14.3 Å². The summed E-state index contributed by atoms with van der Waals surface area (Å²) in [5, 5.41) is 2.81. The predicted octanol–water partition coefficient (Wildman–Crippen LogP) is -0.275. The number of nitrogens with zero attached hydrogens (tertiary/aromatic N) is 1. The second kappa shape index (κ2) is 8.12. The summed E-state index contributed by atoms with van der Waals surface area (Å²) in [6.45, 7) is 4.74. The molecular formula is C13H25N3O3. The molecule has 110 valence electrons. The lowest BCUT2D eigenvalue weighted by molar-refractivity contribution is -0.140. The molecule has 0 aromatic carbocycles. The Hall–Kier alpha value is -1.14. The molecule has 2 atom stereocenters. The molecule has 1 fully saturated rings. The van der Waals surface area contributed by atoms with E-state index in [1.165, 1.54) is 7.11 Å². The smallest absolute Gasteiger partial charge is 0.305 e. The van der Waals surface area contributed by atoms with Crippen LogP contribution in [0.3, 0.4) is 0 Å². The molecule has 1 saturated heterocycles. The number of nitrogens with two attached hydrogens (primary N) is 1. The summed E-state index contributed by atoms with van der Waals surface area (Å²) in [5.41, 5.74) is 5.94. The van der Waals surface area contributed by atoms with Crippen molar-refractivity contribution in [3.63, 3.8) is 0 Å². The number of carbonyl (C=O) groups excluding carboxylic acids is 2. The summed E-state index contributed by atoms with van der Waals surface area (Å²) in [6, 6.07) is 0.163. The second-order valence-corrected chi connectivity index (χ2v) is 5.32. The van der Waals surface area contributed by atoms with Crippen LogP contribution in [0.4, 0.5) is 0 Å². The molecule has 1 amide bonds. The van der Waals surface area contributed by atoms with E-state index in [4.69, 9.17) is 5.73 Å². The van der Waals surface area contributed by atoms with Gasteiger partial charge in [-0.1, -0.05) is 6.92 Å². The molecule has 6 heteroatoms. The van der Waals surface area contributed by atoms with E-state index >= 15 is 0 Å². The van der Waals surface area contributed by atoms with Gasteiger partial charge < -0.3 is 15.8 Å². The highest BCUT2D eigenvalue weighted by Gasteiger charge is 2.23. The van der Waals surface area contributed by atoms with Gasteiger partial charge in [0.1, 0.15) is 0 Å². The minimum absolute atomic E-state index is 0.00818. The van der Waals surface area contributed by atoms with Crippen molar-refractivity contribution in [1.82, 2.24) is 10.2 Å². The number of hydrogen-bond donors (Lipinski definition) is 2. The van der Waals surface area contributed by atoms with E-state index in [1.807, 2.05) is 0 Å². The van der Waals surface area contributed by atoms with E-state index in [0.29, 0.717) is 31.8 Å². The van der Waals surface area contributed by atoms with E-state index in [-0.39, 0.29) is 17.9 Å². The molecular weight excluding hydrogens is 246 g/mol. The van der Waals surface area contributed by atoms with Crippen molar-refractivity contribution >= 4 is 11.9 Å². The number of amides is 1. The first-order chi connectivity index (χ1) is 9.01. The van der Waals surface area contributed by atoms with Crippen LogP contribution in [0.25, 0.3) is 0 Å². The molecule has 1 aliphatic rings. The lowest BCUT2D eigenvalue weighted by Crippen LogP contribution is -2.49. The maximum absolute atomic E-state index is 11.7. The lowest BCUT2D eigenvalue weighted by atomic mass is 9.97. The molecule has 0 aliphatic carbocycles. The van der Waals surface area contributed by atoms with Gasteiger partial charge in [0.05, 0.1) is 13.7 Å². The molecule has 3 N–H and O–H groups in total. The fourth-order valence-electron chi connectivity index (χ4n) is 2.46. The first kappa shape index (κ1) is 15.9. The van der Waals surface area contributed by atoms with Crippen LogP contribution in [0.1, 0.15) is 26.2 Å². The zero-order chi connectivity index (χ0) is 14.3. The Morgan fingerprint density at radius 2 is 2.16 bits per heavy atom. The van der Waals surface area contributed by atoms with Crippen molar-refractivity contribution in [2.75, 3.05) is 33.3 Å². The van der Waals surface area contributed by atoms with Crippen LogP contribution >= 0.6 is 0 Å². The van der Waals surface area contributed by atoms with E-state index in [1.54, 1.807) is 0 Å². The number of ether oxygens (including phenoxy) is 1. The van der Waals surface area contributed by atoms with Gasteiger partial charge in [0, 0.05) is 32.1 Å². The van der Waals surface area contributed by atoms with E-state index in [9.17, 15) is 9.59 Å². The van der Waals surface area contributed by atoms with Crippen LogP contribution in [0, 0.1) is 5.92 Å². The highest BCUT2D eigenvalue weighted by atomic mass is 16.5. The average Bonchev–Trinajstić information content (AvgIpc) is 2.33. The topological polar surface area (TPSA) is 84.7 Å². The van der Waals surface area contributed by atoms with Crippen LogP contribution < -0.4 is 11.1 Å². The monoisotopic (exact) mass is 271 g/mol. The minimum atomic E-state index is -0.245. The van der Waals surface area contributed by atoms with E-state index in [0.717, 1.165) is 19.5 Å². The van der Waals surface area contributed by atoms with Crippen molar-refractivity contribution in [3.8, 4) is 0 Å². The molecule has 6 nitrogen and oxygen atoms in total. The minimum Gasteiger partial charge on any atom is -0.469 e. The van der Waals surface area contributed by atoms with E-state index < -0.39 is 0 Å². The van der Waals surface area contributed by atoms with Crippen LogP contribution in [-0.4, -0.2) is 56.1 Å². The third kappa shape index (κ3) is 6.54. The number of methoxy groups -OCH3 is 1. The van der Waals surface area contributed by atoms with Crippen molar-refractivity contribution in [2.45, 2.75) is 32.2 Å². The molecule has 0 aromatic heterocycles. The molecule has 0 radical (unpaired) electrons. The van der Waals surface area contributed by atoms with Gasteiger partial charge in [0.2, 0.25) is 5.91 Å². The molecule has 0 saturated carbocycles. The number of nitrogens with one attached hydrogen (secondary N) is 1. The van der Waals surface area contributed by atoms with E-state index in [2.05, 4.69) is 21.9 Å². The van der Waals surface area contributed by atoms with Gasteiger partial charge in [-0.05, 0) is 18.8 Å². The zero-order valence-electron chi connectivity index (χ0n) is 11.9. The highest BCUT2D eigenvalue weighted by Crippen LogP contribution is 2.14. The van der Waals surface area contributed by atoms with Crippen LogP contribution in [-0.2, 0) is 14.3 Å². The molecule has 19 heavy (non-hydrogen) atoms. The number of esters is 1. The van der Waals surface area contributed by atoms with Crippen LogP contribution in [0.15, 0.2) is 0 Å². The van der Waals surface area contributed by atoms with Gasteiger partial charge in [-0.2, -0.15) is 0 Å². The summed E-state index contributed by atoms with van der Waals surface area (Å²) in [7, 11) is 1.36. The molecule has 0 bridgehead atoms. The van der Waals surface area contributed by atoms with Gasteiger partial charge in [0.15, 0.2) is 0 Å². The maximum Gasteiger partial charge on any atom is 0.305 e. The second-order valence-electron chi connectivity index (χ2n) is 5.32. The fraction of sp³-hybridized carbons (Fsp3) is 0.846. The van der Waals surface area contributed by atoms with Gasteiger partial charge in [-0.15, -0.1) is 0 Å². The lowest BCUT2D eigenvalue weighted by Gasteiger charge is -2.34. The third-order valence-corrected chi connectivity index (χ3v) is 3.24. The largest absolute Gasteiger partial charge is 0.469 e. The molecule has 2 unspecified atom stereocenters. The Bertz CT molecular complexity index is 300. The number of likely N-dealkylation sites (tertiary alicyclic amines) is 1. The first-order valence-electron chi connectivity index (χ1n) is 6.82. The Balaban J connectivity index is 2.15. The summed E-state index contributed by atoms with van der Waals surface area (Å²) >= 11 is 0. The van der Waals surface area contributed by atoms with Gasteiger partial charge in [-0.3, -0.25) is 14.5 Å². The quantitative estimate of drug-likeness (QED) is 0.513. The Morgan fingerprint density at radius 3 is 2.79 bits per heavy atom. The standard InChI is InChI=1S/C13H25N3O3/c1-10-6-11(14)8-16(7-10)9-12(17)15-5-3-4-13(18)19-2/h10-11H,3-9,14H2,1-2H3,(H,15,17). The Morgan fingerprint density at radius 1 is 1.42 bits per heavy atom. The summed E-state index contributed by atoms with van der Waals surface area (Å²) in [4.78, 5) is 24.7. The summed E-state index contributed by atoms with van der Waals surface area (Å²) < 4.78 is 4.53. The molecule has 1 aliphatic heterocycles. The van der Waals surface area contributed by atoms with Gasteiger partial charge in [0.25, 0.3) is 0 Å². The van der Waals surface area contributed by atoms with Gasteiger partial charge >= 0.3 is 5.97 Å². The molecule has 1 rings (SSSR count).